The van der Waals surface area contributed by atoms with Crippen molar-refractivity contribution in [1.29, 1.82) is 0 Å². The molecule has 3 fully saturated rings. The van der Waals surface area contributed by atoms with Crippen LogP contribution in [0.4, 0.5) is 4.79 Å². The fourth-order valence-electron chi connectivity index (χ4n) is 5.12. The molecule has 2 amide bonds. The topological polar surface area (TPSA) is 49.9 Å². The molecule has 30 heavy (non-hydrogen) atoms. The summed E-state index contributed by atoms with van der Waals surface area (Å²) >= 11 is 0. The van der Waals surface area contributed by atoms with Gasteiger partial charge >= 0.3 is 6.09 Å². The van der Waals surface area contributed by atoms with E-state index in [1.807, 2.05) is 53.4 Å². The molecule has 2 aliphatic heterocycles. The number of carbonyl (C=O) groups excluding carboxylic acids is 2. The van der Waals surface area contributed by atoms with Crippen molar-refractivity contribution in [3.8, 4) is 0 Å². The molecule has 1 aliphatic carbocycles. The van der Waals surface area contributed by atoms with Gasteiger partial charge in [-0.2, -0.15) is 0 Å². The highest BCUT2D eigenvalue weighted by molar-refractivity contribution is 5.78. The van der Waals surface area contributed by atoms with Gasteiger partial charge in [-0.1, -0.05) is 47.0 Å². The average molecular weight is 425 g/mol. The van der Waals surface area contributed by atoms with Crippen molar-refractivity contribution >= 4 is 12.0 Å². The molecule has 3 rings (SSSR count). The van der Waals surface area contributed by atoms with Crippen LogP contribution in [-0.2, 0) is 9.53 Å². The lowest BCUT2D eigenvalue weighted by atomic mass is 9.63. The average Bonchev–Trinajstić information content (AvgIpc) is 3.15. The normalized spacial score (nSPS) is 21.9. The molecule has 2 saturated heterocycles. The SMILES string of the molecule is CC.CC.CC(C)(C)OC(=O)N1CCC(CN2CCCC2=O)(C2CCCCC2)CC1. The molecule has 5 nitrogen and oxygen atoms in total. The van der Waals surface area contributed by atoms with E-state index in [0.29, 0.717) is 18.2 Å². The van der Waals surface area contributed by atoms with Crippen molar-refractivity contribution in [3.05, 3.63) is 0 Å². The minimum Gasteiger partial charge on any atom is -0.444 e. The summed E-state index contributed by atoms with van der Waals surface area (Å²) in [5, 5.41) is 0. The molecule has 0 radical (unpaired) electrons. The minimum atomic E-state index is -0.447. The fourth-order valence-corrected chi connectivity index (χ4v) is 5.12. The molecular weight excluding hydrogens is 376 g/mol. The first kappa shape index (κ1) is 26.8. The first-order chi connectivity index (χ1) is 14.3. The van der Waals surface area contributed by atoms with Crippen LogP contribution in [0.1, 0.15) is 106 Å². The van der Waals surface area contributed by atoms with Gasteiger partial charge in [-0.05, 0) is 64.2 Å². The Morgan fingerprint density at radius 2 is 1.53 bits per heavy atom. The van der Waals surface area contributed by atoms with Gasteiger partial charge in [0.15, 0.2) is 0 Å². The number of hydrogen-bond donors (Lipinski definition) is 0. The molecule has 0 aromatic heterocycles. The molecular formula is C25H48N2O3. The number of hydrogen-bond acceptors (Lipinski definition) is 3. The first-order valence-corrected chi connectivity index (χ1v) is 12.5. The van der Waals surface area contributed by atoms with Crippen molar-refractivity contribution in [2.75, 3.05) is 26.2 Å². The number of carbonyl (C=O) groups is 2. The Kier molecular flexibility index (Phi) is 11.2. The second kappa shape index (κ2) is 12.6. The van der Waals surface area contributed by atoms with Gasteiger partial charge in [0, 0.05) is 32.6 Å². The van der Waals surface area contributed by atoms with E-state index in [9.17, 15) is 9.59 Å². The zero-order chi connectivity index (χ0) is 22.8. The maximum Gasteiger partial charge on any atom is 0.410 e. The second-order valence-corrected chi connectivity index (χ2v) is 9.58. The highest BCUT2D eigenvalue weighted by Gasteiger charge is 2.45. The summed E-state index contributed by atoms with van der Waals surface area (Å²) in [6.07, 6.45) is 10.1. The standard InChI is InChI=1S/C21H36N2O3.2C2H6/c1-20(2,3)26-19(25)22-14-11-21(12-15-22,17-8-5-4-6-9-17)16-23-13-7-10-18(23)24;2*1-2/h17H,4-16H2,1-3H3;2*1-2H3. The van der Waals surface area contributed by atoms with E-state index in [-0.39, 0.29) is 11.5 Å². The predicted octanol–water partition coefficient (Wildman–Crippen LogP) is 6.26. The fraction of sp³-hybridized carbons (Fsp3) is 0.920. The third-order valence-corrected chi connectivity index (χ3v) is 6.56. The predicted molar refractivity (Wildman–Crippen MR) is 125 cm³/mol. The summed E-state index contributed by atoms with van der Waals surface area (Å²) in [5.74, 6) is 1.03. The summed E-state index contributed by atoms with van der Waals surface area (Å²) in [6.45, 7) is 17.1. The summed E-state index contributed by atoms with van der Waals surface area (Å²) < 4.78 is 5.56. The first-order valence-electron chi connectivity index (χ1n) is 12.5. The quantitative estimate of drug-likeness (QED) is 0.537. The highest BCUT2D eigenvalue weighted by atomic mass is 16.6. The maximum absolute atomic E-state index is 12.4. The molecule has 0 N–H and O–H groups in total. The number of rotatable bonds is 3. The molecule has 5 heteroatoms. The zero-order valence-electron chi connectivity index (χ0n) is 20.9. The molecule has 1 saturated carbocycles. The van der Waals surface area contributed by atoms with Gasteiger partial charge < -0.3 is 14.5 Å². The van der Waals surface area contributed by atoms with Gasteiger partial charge in [0.05, 0.1) is 0 Å². The van der Waals surface area contributed by atoms with Crippen LogP contribution in [0.15, 0.2) is 0 Å². The van der Waals surface area contributed by atoms with Crippen molar-refractivity contribution < 1.29 is 14.3 Å². The van der Waals surface area contributed by atoms with E-state index in [4.69, 9.17) is 4.74 Å². The van der Waals surface area contributed by atoms with E-state index in [1.54, 1.807) is 0 Å². The third-order valence-electron chi connectivity index (χ3n) is 6.56. The van der Waals surface area contributed by atoms with Gasteiger partial charge in [-0.3, -0.25) is 4.79 Å². The Morgan fingerprint density at radius 3 is 2.00 bits per heavy atom. The van der Waals surface area contributed by atoms with Crippen LogP contribution in [-0.4, -0.2) is 53.6 Å². The van der Waals surface area contributed by atoms with Gasteiger partial charge in [0.2, 0.25) is 5.91 Å². The van der Waals surface area contributed by atoms with Gasteiger partial charge in [-0.25, -0.2) is 4.79 Å². The van der Waals surface area contributed by atoms with E-state index in [0.717, 1.165) is 45.4 Å². The molecule has 0 bridgehead atoms. The molecule has 0 atom stereocenters. The lowest BCUT2D eigenvalue weighted by Crippen LogP contribution is -2.52. The summed E-state index contributed by atoms with van der Waals surface area (Å²) in [7, 11) is 0. The van der Waals surface area contributed by atoms with Gasteiger partial charge in [-0.15, -0.1) is 0 Å². The summed E-state index contributed by atoms with van der Waals surface area (Å²) in [6, 6.07) is 0. The lowest BCUT2D eigenvalue weighted by molar-refractivity contribution is -0.130. The van der Waals surface area contributed by atoms with Crippen molar-refractivity contribution in [3.63, 3.8) is 0 Å². The van der Waals surface area contributed by atoms with Crippen LogP contribution >= 0.6 is 0 Å². The van der Waals surface area contributed by atoms with Crippen LogP contribution in [0.5, 0.6) is 0 Å². The Morgan fingerprint density at radius 1 is 0.967 bits per heavy atom. The summed E-state index contributed by atoms with van der Waals surface area (Å²) in [4.78, 5) is 28.7. The second-order valence-electron chi connectivity index (χ2n) is 9.58. The van der Waals surface area contributed by atoms with E-state index < -0.39 is 5.60 Å². The van der Waals surface area contributed by atoms with Gasteiger partial charge in [0.1, 0.15) is 5.60 Å². The smallest absolute Gasteiger partial charge is 0.410 e. The molecule has 0 aromatic rings. The molecule has 0 spiro atoms. The molecule has 0 aromatic carbocycles. The minimum absolute atomic E-state index is 0.188. The Bertz CT molecular complexity index is 513. The van der Waals surface area contributed by atoms with Crippen LogP contribution < -0.4 is 0 Å². The van der Waals surface area contributed by atoms with E-state index in [1.165, 1.54) is 32.1 Å². The van der Waals surface area contributed by atoms with Gasteiger partial charge in [0.25, 0.3) is 0 Å². The van der Waals surface area contributed by atoms with Crippen LogP contribution in [0.3, 0.4) is 0 Å². The number of nitrogens with zero attached hydrogens (tertiary/aromatic N) is 2. The number of amides is 2. The van der Waals surface area contributed by atoms with E-state index in [2.05, 4.69) is 4.90 Å². The summed E-state index contributed by atoms with van der Waals surface area (Å²) in [5.41, 5.74) is -0.254. The molecule has 0 unspecified atom stereocenters. The molecule has 2 heterocycles. The maximum atomic E-state index is 12.4. The van der Waals surface area contributed by atoms with Crippen molar-refractivity contribution in [1.82, 2.24) is 9.80 Å². The largest absolute Gasteiger partial charge is 0.444 e. The Balaban J connectivity index is 0.00000106. The Hall–Kier alpha value is -1.26. The van der Waals surface area contributed by atoms with Crippen LogP contribution in [0, 0.1) is 11.3 Å². The molecule has 3 aliphatic rings. The number of piperidine rings is 1. The Labute approximate surface area is 185 Å². The van der Waals surface area contributed by atoms with Crippen LogP contribution in [0.2, 0.25) is 0 Å². The molecule has 176 valence electrons. The number of likely N-dealkylation sites (tertiary alicyclic amines) is 2. The van der Waals surface area contributed by atoms with E-state index >= 15 is 0 Å². The number of ether oxygens (including phenoxy) is 1. The lowest BCUT2D eigenvalue weighted by Gasteiger charge is -2.49. The highest BCUT2D eigenvalue weighted by Crippen LogP contribution is 2.47. The zero-order valence-corrected chi connectivity index (χ0v) is 20.9. The van der Waals surface area contributed by atoms with Crippen molar-refractivity contribution in [2.45, 2.75) is 112 Å². The van der Waals surface area contributed by atoms with Crippen LogP contribution in [0.25, 0.3) is 0 Å². The third kappa shape index (κ3) is 7.46. The monoisotopic (exact) mass is 424 g/mol. The van der Waals surface area contributed by atoms with Crippen molar-refractivity contribution in [2.24, 2.45) is 11.3 Å².